The van der Waals surface area contributed by atoms with Crippen molar-refractivity contribution in [1.82, 2.24) is 0 Å². The van der Waals surface area contributed by atoms with Crippen LogP contribution in [0, 0.1) is 11.6 Å². The van der Waals surface area contributed by atoms with Gasteiger partial charge in [-0.15, -0.1) is 0 Å². The zero-order chi connectivity index (χ0) is 19.4. The Kier molecular flexibility index (Phi) is 5.19. The van der Waals surface area contributed by atoms with Crippen LogP contribution >= 0.6 is 0 Å². The first-order chi connectivity index (χ1) is 12.9. The van der Waals surface area contributed by atoms with E-state index in [2.05, 4.69) is 0 Å². The molecule has 0 aliphatic heterocycles. The van der Waals surface area contributed by atoms with Gasteiger partial charge in [0.25, 0.3) is 0 Å². The van der Waals surface area contributed by atoms with Gasteiger partial charge >= 0.3 is 5.97 Å². The van der Waals surface area contributed by atoms with Crippen LogP contribution < -0.4 is 4.74 Å². The number of aliphatic carboxylic acids is 1. The summed E-state index contributed by atoms with van der Waals surface area (Å²) >= 11 is 0. The van der Waals surface area contributed by atoms with Gasteiger partial charge in [0, 0.05) is 0 Å². The average Bonchev–Trinajstić information content (AvgIpc) is 2.68. The fourth-order valence-electron chi connectivity index (χ4n) is 2.71. The highest BCUT2D eigenvalue weighted by Crippen LogP contribution is 2.31. The van der Waals surface area contributed by atoms with Crippen LogP contribution in [0.15, 0.2) is 72.8 Å². The third-order valence-corrected chi connectivity index (χ3v) is 4.22. The molecule has 0 aliphatic rings. The van der Waals surface area contributed by atoms with Crippen molar-refractivity contribution in [3.8, 4) is 5.75 Å². The maximum absolute atomic E-state index is 13.6. The second-order valence-corrected chi connectivity index (χ2v) is 5.89. The number of carboxylic acid groups (broad SMARTS) is 1. The van der Waals surface area contributed by atoms with Crippen LogP contribution in [0.3, 0.4) is 0 Å². The van der Waals surface area contributed by atoms with Crippen LogP contribution in [0.5, 0.6) is 5.75 Å². The zero-order valence-electron chi connectivity index (χ0n) is 14.1. The first kappa shape index (κ1) is 18.5. The minimum absolute atomic E-state index is 0.130. The predicted octanol–water partition coefficient (Wildman–Crippen LogP) is 3.86. The van der Waals surface area contributed by atoms with Crippen LogP contribution in [0.4, 0.5) is 8.78 Å². The minimum Gasteiger partial charge on any atom is -0.489 e. The monoisotopic (exact) mass is 370 g/mol. The summed E-state index contributed by atoms with van der Waals surface area (Å²) in [4.78, 5) is 11.7. The Bertz CT molecular complexity index is 922. The molecular formula is C21H16F2O4. The molecule has 6 heteroatoms. The van der Waals surface area contributed by atoms with E-state index < -0.39 is 23.2 Å². The van der Waals surface area contributed by atoms with Crippen molar-refractivity contribution in [3.05, 3.63) is 101 Å². The molecule has 0 saturated heterocycles. The maximum Gasteiger partial charge on any atom is 0.345 e. The molecule has 3 aromatic rings. The van der Waals surface area contributed by atoms with E-state index in [9.17, 15) is 23.8 Å². The third kappa shape index (κ3) is 3.66. The largest absolute Gasteiger partial charge is 0.489 e. The second-order valence-electron chi connectivity index (χ2n) is 5.89. The van der Waals surface area contributed by atoms with E-state index in [-0.39, 0.29) is 29.0 Å². The van der Waals surface area contributed by atoms with Crippen molar-refractivity contribution in [2.45, 2.75) is 12.2 Å². The molecule has 1 atom stereocenters. The molecule has 0 heterocycles. The zero-order valence-corrected chi connectivity index (χ0v) is 14.1. The molecule has 3 aromatic carbocycles. The SMILES string of the molecule is O=C(O)C(O)(c1ccccc1)c1ccc(OCc2c(F)cccc2F)cc1. The molecule has 27 heavy (non-hydrogen) atoms. The van der Waals surface area contributed by atoms with Crippen LogP contribution in [0.25, 0.3) is 0 Å². The van der Waals surface area contributed by atoms with Crippen LogP contribution in [-0.4, -0.2) is 16.2 Å². The molecule has 0 radical (unpaired) electrons. The molecule has 1 unspecified atom stereocenters. The highest BCUT2D eigenvalue weighted by molar-refractivity contribution is 5.83. The lowest BCUT2D eigenvalue weighted by Gasteiger charge is -2.24. The van der Waals surface area contributed by atoms with Gasteiger partial charge < -0.3 is 14.9 Å². The number of ether oxygens (including phenoxy) is 1. The molecule has 0 aromatic heterocycles. The lowest BCUT2D eigenvalue weighted by Crippen LogP contribution is -2.36. The van der Waals surface area contributed by atoms with Gasteiger partial charge in [-0.05, 0) is 35.4 Å². The van der Waals surface area contributed by atoms with E-state index in [0.717, 1.165) is 12.1 Å². The van der Waals surface area contributed by atoms with Crippen molar-refractivity contribution < 1.29 is 28.5 Å². The number of aliphatic hydroxyl groups is 1. The summed E-state index contributed by atoms with van der Waals surface area (Å²) in [5.74, 6) is -2.56. The first-order valence-electron chi connectivity index (χ1n) is 8.10. The molecule has 0 fully saturated rings. The van der Waals surface area contributed by atoms with E-state index in [0.29, 0.717) is 0 Å². The van der Waals surface area contributed by atoms with Crippen molar-refractivity contribution in [1.29, 1.82) is 0 Å². The number of hydrogen-bond acceptors (Lipinski definition) is 3. The Labute approximate surface area is 154 Å². The number of halogens is 2. The van der Waals surface area contributed by atoms with Gasteiger partial charge in [0.15, 0.2) is 0 Å². The highest BCUT2D eigenvalue weighted by atomic mass is 19.1. The lowest BCUT2D eigenvalue weighted by molar-refractivity contribution is -0.155. The standard InChI is InChI=1S/C21H16F2O4/c22-18-7-4-8-19(23)17(18)13-27-16-11-9-15(10-12-16)21(26,20(24)25)14-5-2-1-3-6-14/h1-12,26H,13H2,(H,24,25). The molecule has 2 N–H and O–H groups in total. The van der Waals surface area contributed by atoms with Gasteiger partial charge in [0.2, 0.25) is 5.60 Å². The van der Waals surface area contributed by atoms with E-state index in [1.165, 1.54) is 42.5 Å². The molecule has 0 aliphatic carbocycles. The summed E-state index contributed by atoms with van der Waals surface area (Å²) in [5.41, 5.74) is -2.09. The topological polar surface area (TPSA) is 66.8 Å². The Morgan fingerprint density at radius 3 is 1.96 bits per heavy atom. The highest BCUT2D eigenvalue weighted by Gasteiger charge is 2.40. The second kappa shape index (κ2) is 7.55. The van der Waals surface area contributed by atoms with Gasteiger partial charge in [0.1, 0.15) is 24.0 Å². The number of carbonyl (C=O) groups is 1. The van der Waals surface area contributed by atoms with Crippen LogP contribution in [0.2, 0.25) is 0 Å². The smallest absolute Gasteiger partial charge is 0.345 e. The normalized spacial score (nSPS) is 13.0. The molecule has 3 rings (SSSR count). The number of rotatable bonds is 6. The molecule has 138 valence electrons. The maximum atomic E-state index is 13.6. The molecule has 0 saturated carbocycles. The van der Waals surface area contributed by atoms with Gasteiger partial charge in [-0.2, -0.15) is 0 Å². The molecule has 0 bridgehead atoms. The summed E-state index contributed by atoms with van der Waals surface area (Å²) in [5, 5.41) is 20.3. The van der Waals surface area contributed by atoms with Gasteiger partial charge in [0.05, 0.1) is 5.56 Å². The molecule has 0 amide bonds. The summed E-state index contributed by atoms with van der Waals surface area (Å²) in [6.07, 6.45) is 0. The van der Waals surface area contributed by atoms with Crippen molar-refractivity contribution in [2.24, 2.45) is 0 Å². The minimum atomic E-state index is -2.22. The van der Waals surface area contributed by atoms with Crippen LogP contribution in [0.1, 0.15) is 16.7 Å². The van der Waals surface area contributed by atoms with Crippen LogP contribution in [-0.2, 0) is 17.0 Å². The number of hydrogen-bond donors (Lipinski definition) is 2. The molecule has 4 nitrogen and oxygen atoms in total. The van der Waals surface area contributed by atoms with E-state index >= 15 is 0 Å². The Morgan fingerprint density at radius 1 is 0.852 bits per heavy atom. The Morgan fingerprint density at radius 2 is 1.41 bits per heavy atom. The molecule has 0 spiro atoms. The average molecular weight is 370 g/mol. The summed E-state index contributed by atoms with van der Waals surface area (Å²) in [6.45, 7) is -0.320. The first-order valence-corrected chi connectivity index (χ1v) is 8.10. The third-order valence-electron chi connectivity index (χ3n) is 4.22. The fourth-order valence-corrected chi connectivity index (χ4v) is 2.71. The van der Waals surface area contributed by atoms with Crippen molar-refractivity contribution in [2.75, 3.05) is 0 Å². The Balaban J connectivity index is 1.83. The summed E-state index contributed by atoms with van der Waals surface area (Å²) in [6, 6.07) is 17.2. The number of carboxylic acids is 1. The quantitative estimate of drug-likeness (QED) is 0.691. The lowest BCUT2D eigenvalue weighted by atomic mass is 9.86. The number of benzene rings is 3. The van der Waals surface area contributed by atoms with Gasteiger partial charge in [-0.3, -0.25) is 0 Å². The van der Waals surface area contributed by atoms with E-state index in [4.69, 9.17) is 4.74 Å². The van der Waals surface area contributed by atoms with Crippen molar-refractivity contribution in [3.63, 3.8) is 0 Å². The molecular weight excluding hydrogens is 354 g/mol. The van der Waals surface area contributed by atoms with E-state index in [1.807, 2.05) is 0 Å². The van der Waals surface area contributed by atoms with E-state index in [1.54, 1.807) is 18.2 Å². The van der Waals surface area contributed by atoms with Crippen molar-refractivity contribution >= 4 is 5.97 Å². The fraction of sp³-hybridized carbons (Fsp3) is 0.0952. The Hall–Kier alpha value is -3.25. The summed E-state index contributed by atoms with van der Waals surface area (Å²) in [7, 11) is 0. The predicted molar refractivity (Wildman–Crippen MR) is 94.2 cm³/mol. The summed E-state index contributed by atoms with van der Waals surface area (Å²) < 4.78 is 32.6. The van der Waals surface area contributed by atoms with Gasteiger partial charge in [-0.25, -0.2) is 13.6 Å². The van der Waals surface area contributed by atoms with Gasteiger partial charge in [-0.1, -0.05) is 48.5 Å².